The molecule has 7 nitrogen and oxygen atoms in total. The van der Waals surface area contributed by atoms with Crippen molar-refractivity contribution in [1.29, 1.82) is 0 Å². The molecule has 0 bridgehead atoms. The van der Waals surface area contributed by atoms with Gasteiger partial charge in [-0.05, 0) is 25.1 Å². The van der Waals surface area contributed by atoms with Crippen LogP contribution in [0.5, 0.6) is 5.75 Å². The molecule has 0 radical (unpaired) electrons. The van der Waals surface area contributed by atoms with Gasteiger partial charge >= 0.3 is 5.97 Å². The maximum Gasteiger partial charge on any atom is 0.322 e. The second kappa shape index (κ2) is 6.79. The Hall–Kier alpha value is -3.13. The first-order valence-electron chi connectivity index (χ1n) is 8.85. The van der Waals surface area contributed by atoms with E-state index in [0.29, 0.717) is 28.3 Å². The minimum absolute atomic E-state index is 0.196. The third kappa shape index (κ3) is 2.95. The molecule has 2 aliphatic rings. The lowest BCUT2D eigenvalue weighted by Crippen LogP contribution is -2.37. The zero-order valence-corrected chi connectivity index (χ0v) is 15.8. The Labute approximate surface area is 165 Å². The molecule has 0 spiro atoms. The van der Waals surface area contributed by atoms with Gasteiger partial charge in [-0.25, -0.2) is 0 Å². The lowest BCUT2D eigenvalue weighted by molar-refractivity contribution is -0.138. The normalized spacial score (nSPS) is 20.0. The van der Waals surface area contributed by atoms with E-state index in [1.807, 2.05) is 49.4 Å². The molecule has 3 aromatic rings. The number of thioether (sulfide) groups is 1. The molecule has 0 saturated heterocycles. The highest BCUT2D eigenvalue weighted by Crippen LogP contribution is 2.40. The summed E-state index contributed by atoms with van der Waals surface area (Å²) in [4.78, 5) is 12.5. The predicted octanol–water partition coefficient (Wildman–Crippen LogP) is 3.37. The summed E-state index contributed by atoms with van der Waals surface area (Å²) < 4.78 is 11.2. The highest BCUT2D eigenvalue weighted by atomic mass is 32.2. The molecule has 1 aromatic heterocycles. The number of para-hydroxylation sites is 1. The number of aryl methyl sites for hydroxylation is 1. The molecular weight excluding hydrogens is 376 g/mol. The molecule has 5 rings (SSSR count). The third-order valence-electron chi connectivity index (χ3n) is 4.81. The van der Waals surface area contributed by atoms with Crippen molar-refractivity contribution in [3.63, 3.8) is 0 Å². The van der Waals surface area contributed by atoms with Gasteiger partial charge in [0.15, 0.2) is 0 Å². The number of hydrogen-bond acceptors (Lipinski definition) is 8. The summed E-state index contributed by atoms with van der Waals surface area (Å²) in [6, 6.07) is 15.2. The zero-order chi connectivity index (χ0) is 19.1. The lowest BCUT2D eigenvalue weighted by Gasteiger charge is -2.26. The Morgan fingerprint density at radius 2 is 1.93 bits per heavy atom. The number of fused-ring (bicyclic) bond motifs is 3. The molecule has 0 amide bonds. The number of ether oxygens (including phenoxy) is 1. The minimum atomic E-state index is -0.443. The maximum absolute atomic E-state index is 12.5. The number of benzene rings is 2. The van der Waals surface area contributed by atoms with E-state index in [1.165, 1.54) is 17.3 Å². The van der Waals surface area contributed by atoms with Gasteiger partial charge in [0.05, 0.1) is 11.8 Å². The van der Waals surface area contributed by atoms with Crippen molar-refractivity contribution in [2.45, 2.75) is 18.2 Å². The monoisotopic (exact) mass is 392 g/mol. The van der Waals surface area contributed by atoms with Gasteiger partial charge in [-0.15, -0.1) is 10.2 Å². The van der Waals surface area contributed by atoms with Crippen LogP contribution in [0.1, 0.15) is 17.2 Å². The first-order valence-corrected chi connectivity index (χ1v) is 9.83. The Bertz CT molecular complexity index is 1080. The maximum atomic E-state index is 12.5. The molecule has 8 heteroatoms. The Morgan fingerprint density at radius 1 is 1.11 bits per heavy atom. The number of nitrogens with zero attached hydrogens (tertiary/aromatic N) is 3. The van der Waals surface area contributed by atoms with Crippen LogP contribution in [0, 0.1) is 12.8 Å². The van der Waals surface area contributed by atoms with Crippen molar-refractivity contribution in [2.75, 3.05) is 5.75 Å². The minimum Gasteiger partial charge on any atom is -0.426 e. The number of carbonyl (C=O) groups is 1. The van der Waals surface area contributed by atoms with E-state index in [1.54, 1.807) is 6.07 Å². The van der Waals surface area contributed by atoms with Crippen LogP contribution < -0.4 is 10.2 Å². The Morgan fingerprint density at radius 3 is 2.79 bits per heavy atom. The number of carbonyl (C=O) groups excluding carboxylic acids is 1. The van der Waals surface area contributed by atoms with Crippen molar-refractivity contribution in [3.8, 4) is 17.2 Å². The molecule has 28 heavy (non-hydrogen) atoms. The second-order valence-corrected chi connectivity index (χ2v) is 7.60. The first kappa shape index (κ1) is 17.0. The van der Waals surface area contributed by atoms with Crippen LogP contribution in [-0.4, -0.2) is 27.6 Å². The van der Waals surface area contributed by atoms with Crippen molar-refractivity contribution in [1.82, 2.24) is 15.6 Å². The number of esters is 1. The fourth-order valence-corrected chi connectivity index (χ4v) is 4.10. The Balaban J connectivity index is 1.29. The third-order valence-corrected chi connectivity index (χ3v) is 5.66. The molecule has 0 saturated carbocycles. The smallest absolute Gasteiger partial charge is 0.322 e. The van der Waals surface area contributed by atoms with Gasteiger partial charge in [0.2, 0.25) is 5.89 Å². The number of aromatic nitrogens is 2. The summed E-state index contributed by atoms with van der Waals surface area (Å²) in [5.41, 5.74) is 6.77. The summed E-state index contributed by atoms with van der Waals surface area (Å²) in [5.74, 6) is 0.782. The Kier molecular flexibility index (Phi) is 4.12. The van der Waals surface area contributed by atoms with E-state index in [2.05, 4.69) is 20.7 Å². The summed E-state index contributed by atoms with van der Waals surface area (Å²) in [6.45, 7) is 2.02. The van der Waals surface area contributed by atoms with E-state index in [-0.39, 0.29) is 12.0 Å². The van der Waals surface area contributed by atoms with E-state index < -0.39 is 5.92 Å². The highest BCUT2D eigenvalue weighted by Gasteiger charge is 2.44. The molecule has 140 valence electrons. The van der Waals surface area contributed by atoms with E-state index in [0.717, 1.165) is 11.1 Å². The lowest BCUT2D eigenvalue weighted by atomic mass is 9.89. The summed E-state index contributed by atoms with van der Waals surface area (Å²) in [5, 5.41) is 13.0. The van der Waals surface area contributed by atoms with Gasteiger partial charge in [-0.1, -0.05) is 47.7 Å². The summed E-state index contributed by atoms with van der Waals surface area (Å²) >= 11 is 1.36. The second-order valence-electron chi connectivity index (χ2n) is 6.67. The molecule has 2 unspecified atom stereocenters. The van der Waals surface area contributed by atoms with Crippen molar-refractivity contribution in [3.05, 3.63) is 59.7 Å². The molecule has 2 atom stereocenters. The summed E-state index contributed by atoms with van der Waals surface area (Å²) in [7, 11) is 0. The molecule has 0 aliphatic carbocycles. The quantitative estimate of drug-likeness (QED) is 0.414. The molecule has 1 N–H and O–H groups in total. The number of hydrogen-bond donors (Lipinski definition) is 1. The van der Waals surface area contributed by atoms with Crippen LogP contribution in [0.2, 0.25) is 0 Å². The van der Waals surface area contributed by atoms with Gasteiger partial charge in [0.1, 0.15) is 11.7 Å². The van der Waals surface area contributed by atoms with Crippen molar-refractivity contribution < 1.29 is 13.9 Å². The zero-order valence-electron chi connectivity index (χ0n) is 15.0. The number of nitrogens with one attached hydrogen (secondary N) is 1. The topological polar surface area (TPSA) is 89.6 Å². The fourth-order valence-electron chi connectivity index (χ4n) is 3.35. The van der Waals surface area contributed by atoms with Gasteiger partial charge in [-0.3, -0.25) is 4.79 Å². The molecule has 3 heterocycles. The van der Waals surface area contributed by atoms with Crippen molar-refractivity contribution in [2.24, 2.45) is 11.0 Å². The van der Waals surface area contributed by atoms with Crippen LogP contribution in [0.4, 0.5) is 0 Å². The molecule has 0 fully saturated rings. The molecular formula is C20H16N4O3S. The SMILES string of the molecule is Cc1ccc(-c2nnc(SCC3=NNC4c5ccccc5OC(=O)C34)o2)cc1. The highest BCUT2D eigenvalue weighted by molar-refractivity contribution is 7.99. The van der Waals surface area contributed by atoms with E-state index >= 15 is 0 Å². The van der Waals surface area contributed by atoms with E-state index in [4.69, 9.17) is 9.15 Å². The first-order chi connectivity index (χ1) is 13.7. The average Bonchev–Trinajstić information content (AvgIpc) is 3.35. The standard InChI is InChI=1S/C20H16N4O3S/c1-11-6-8-12(9-7-11)18-23-24-20(27-18)28-10-14-16-17(22-21-14)13-4-2-3-5-15(13)26-19(16)25/h2-9,16-17,22H,10H2,1H3. The molecule has 2 aromatic carbocycles. The largest absolute Gasteiger partial charge is 0.426 e. The van der Waals surface area contributed by atoms with Gasteiger partial charge in [-0.2, -0.15) is 5.10 Å². The number of rotatable bonds is 4. The van der Waals surface area contributed by atoms with Gasteiger partial charge in [0.25, 0.3) is 5.22 Å². The van der Waals surface area contributed by atoms with E-state index in [9.17, 15) is 4.79 Å². The van der Waals surface area contributed by atoms with Crippen LogP contribution in [-0.2, 0) is 4.79 Å². The van der Waals surface area contributed by atoms with Crippen molar-refractivity contribution >= 4 is 23.4 Å². The van der Waals surface area contributed by atoms with Gasteiger partial charge in [0, 0.05) is 16.9 Å². The summed E-state index contributed by atoms with van der Waals surface area (Å²) in [6.07, 6.45) is 0. The predicted molar refractivity (Wildman–Crippen MR) is 104 cm³/mol. The van der Waals surface area contributed by atoms with Crippen LogP contribution in [0.25, 0.3) is 11.5 Å². The number of hydrazone groups is 1. The van der Waals surface area contributed by atoms with Crippen LogP contribution in [0.15, 0.2) is 63.3 Å². The van der Waals surface area contributed by atoms with Crippen LogP contribution >= 0.6 is 11.8 Å². The van der Waals surface area contributed by atoms with Crippen LogP contribution in [0.3, 0.4) is 0 Å². The fraction of sp³-hybridized carbons (Fsp3) is 0.200. The molecule has 2 aliphatic heterocycles. The average molecular weight is 392 g/mol. The van der Waals surface area contributed by atoms with Gasteiger partial charge < -0.3 is 14.6 Å².